The zero-order chi connectivity index (χ0) is 13.8. The standard InChI is InChI=1S/C13H15FN2O3/c1-19-13(18)11-4-2-3-7-16(11)12(17)10-6-5-9(14)8-15-10/h5-6,8,11H,2-4,7H2,1H3. The quantitative estimate of drug-likeness (QED) is 0.759. The first-order valence-electron chi connectivity index (χ1n) is 6.14. The highest BCUT2D eigenvalue weighted by molar-refractivity contribution is 5.95. The average molecular weight is 266 g/mol. The molecule has 1 aromatic heterocycles. The molecule has 0 bridgehead atoms. The molecule has 1 fully saturated rings. The second-order valence-electron chi connectivity index (χ2n) is 4.39. The Morgan fingerprint density at radius 2 is 2.21 bits per heavy atom. The number of carbonyl (C=O) groups is 2. The lowest BCUT2D eigenvalue weighted by atomic mass is 10.0. The number of pyridine rings is 1. The number of hydrogen-bond donors (Lipinski definition) is 0. The van der Waals surface area contributed by atoms with E-state index in [1.54, 1.807) is 0 Å². The molecule has 0 N–H and O–H groups in total. The molecule has 0 aromatic carbocycles. The molecule has 102 valence electrons. The Labute approximate surface area is 110 Å². The van der Waals surface area contributed by atoms with Gasteiger partial charge in [-0.25, -0.2) is 14.2 Å². The van der Waals surface area contributed by atoms with Crippen LogP contribution in [0.15, 0.2) is 18.3 Å². The van der Waals surface area contributed by atoms with E-state index >= 15 is 0 Å². The maximum absolute atomic E-state index is 12.8. The Morgan fingerprint density at radius 1 is 1.42 bits per heavy atom. The van der Waals surface area contributed by atoms with Gasteiger partial charge in [-0.2, -0.15) is 0 Å². The molecule has 1 aliphatic heterocycles. The Hall–Kier alpha value is -1.98. The number of aromatic nitrogens is 1. The van der Waals surface area contributed by atoms with Gasteiger partial charge < -0.3 is 9.64 Å². The molecule has 2 rings (SSSR count). The molecule has 6 heteroatoms. The number of nitrogens with zero attached hydrogens (tertiary/aromatic N) is 2. The summed E-state index contributed by atoms with van der Waals surface area (Å²) < 4.78 is 17.5. The van der Waals surface area contributed by atoms with E-state index in [-0.39, 0.29) is 11.6 Å². The fourth-order valence-corrected chi connectivity index (χ4v) is 2.21. The van der Waals surface area contributed by atoms with Gasteiger partial charge in [-0.3, -0.25) is 4.79 Å². The third-order valence-electron chi connectivity index (χ3n) is 3.18. The van der Waals surface area contributed by atoms with Crippen molar-refractivity contribution in [2.75, 3.05) is 13.7 Å². The van der Waals surface area contributed by atoms with Crippen LogP contribution in [0.1, 0.15) is 29.8 Å². The van der Waals surface area contributed by atoms with E-state index in [9.17, 15) is 14.0 Å². The molecule has 2 heterocycles. The third kappa shape index (κ3) is 2.89. The van der Waals surface area contributed by atoms with Crippen molar-refractivity contribution in [3.63, 3.8) is 0 Å². The smallest absolute Gasteiger partial charge is 0.328 e. The van der Waals surface area contributed by atoms with Gasteiger partial charge >= 0.3 is 5.97 Å². The van der Waals surface area contributed by atoms with Gasteiger partial charge in [-0.05, 0) is 31.4 Å². The number of likely N-dealkylation sites (tertiary alicyclic amines) is 1. The van der Waals surface area contributed by atoms with E-state index in [0.717, 1.165) is 19.0 Å². The predicted octanol–water partition coefficient (Wildman–Crippen LogP) is 1.39. The van der Waals surface area contributed by atoms with Crippen molar-refractivity contribution in [2.24, 2.45) is 0 Å². The van der Waals surface area contributed by atoms with Crippen LogP contribution in [-0.4, -0.2) is 41.5 Å². The monoisotopic (exact) mass is 266 g/mol. The molecule has 1 atom stereocenters. The summed E-state index contributed by atoms with van der Waals surface area (Å²) in [6.45, 7) is 0.484. The van der Waals surface area contributed by atoms with Gasteiger partial charge in [0.1, 0.15) is 17.6 Å². The number of methoxy groups -OCH3 is 1. The van der Waals surface area contributed by atoms with Crippen molar-refractivity contribution in [1.29, 1.82) is 0 Å². The van der Waals surface area contributed by atoms with Crippen molar-refractivity contribution < 1.29 is 18.7 Å². The minimum atomic E-state index is -0.571. The van der Waals surface area contributed by atoms with Gasteiger partial charge in [0.15, 0.2) is 0 Å². The van der Waals surface area contributed by atoms with Gasteiger partial charge in [0.25, 0.3) is 5.91 Å². The van der Waals surface area contributed by atoms with Crippen LogP contribution in [0, 0.1) is 5.82 Å². The maximum atomic E-state index is 12.8. The largest absolute Gasteiger partial charge is 0.467 e. The molecule has 0 radical (unpaired) electrons. The Balaban J connectivity index is 2.20. The van der Waals surface area contributed by atoms with Crippen molar-refractivity contribution >= 4 is 11.9 Å². The highest BCUT2D eigenvalue weighted by Crippen LogP contribution is 2.20. The zero-order valence-corrected chi connectivity index (χ0v) is 10.6. The molecule has 19 heavy (non-hydrogen) atoms. The molecule has 1 aliphatic rings. The molecule has 1 saturated heterocycles. The van der Waals surface area contributed by atoms with Gasteiger partial charge in [-0.1, -0.05) is 0 Å². The zero-order valence-electron chi connectivity index (χ0n) is 10.6. The summed E-state index contributed by atoms with van der Waals surface area (Å²) in [6, 6.07) is 1.93. The van der Waals surface area contributed by atoms with Gasteiger partial charge in [0.2, 0.25) is 0 Å². The van der Waals surface area contributed by atoms with Crippen molar-refractivity contribution in [3.05, 3.63) is 29.8 Å². The summed E-state index contributed by atoms with van der Waals surface area (Å²) in [4.78, 5) is 29.2. The Kier molecular flexibility index (Phi) is 4.09. The lowest BCUT2D eigenvalue weighted by Crippen LogP contribution is -2.48. The average Bonchev–Trinajstić information content (AvgIpc) is 2.46. The summed E-state index contributed by atoms with van der Waals surface area (Å²) in [5.41, 5.74) is 0.136. The topological polar surface area (TPSA) is 59.5 Å². The van der Waals surface area contributed by atoms with Crippen LogP contribution in [0.4, 0.5) is 4.39 Å². The van der Waals surface area contributed by atoms with E-state index in [4.69, 9.17) is 4.74 Å². The molecular weight excluding hydrogens is 251 g/mol. The molecule has 1 aromatic rings. The van der Waals surface area contributed by atoms with E-state index in [0.29, 0.717) is 13.0 Å². The van der Waals surface area contributed by atoms with Crippen LogP contribution < -0.4 is 0 Å². The third-order valence-corrected chi connectivity index (χ3v) is 3.18. The van der Waals surface area contributed by atoms with Crippen LogP contribution in [0.25, 0.3) is 0 Å². The summed E-state index contributed by atoms with van der Waals surface area (Å²) in [5, 5.41) is 0. The van der Waals surface area contributed by atoms with E-state index in [1.165, 1.54) is 24.1 Å². The second-order valence-corrected chi connectivity index (χ2v) is 4.39. The lowest BCUT2D eigenvalue weighted by molar-refractivity contribution is -0.147. The summed E-state index contributed by atoms with van der Waals surface area (Å²) in [5.74, 6) is -1.29. The van der Waals surface area contributed by atoms with Crippen LogP contribution in [0.2, 0.25) is 0 Å². The van der Waals surface area contributed by atoms with Crippen molar-refractivity contribution in [3.8, 4) is 0 Å². The van der Waals surface area contributed by atoms with Crippen LogP contribution >= 0.6 is 0 Å². The molecule has 0 aliphatic carbocycles. The van der Waals surface area contributed by atoms with Crippen LogP contribution in [0.5, 0.6) is 0 Å². The lowest BCUT2D eigenvalue weighted by Gasteiger charge is -2.33. The highest BCUT2D eigenvalue weighted by Gasteiger charge is 2.33. The first kappa shape index (κ1) is 13.5. The van der Waals surface area contributed by atoms with Gasteiger partial charge in [0.05, 0.1) is 13.3 Å². The van der Waals surface area contributed by atoms with E-state index in [1.807, 2.05) is 0 Å². The van der Waals surface area contributed by atoms with Gasteiger partial charge in [0, 0.05) is 6.54 Å². The first-order valence-corrected chi connectivity index (χ1v) is 6.14. The Morgan fingerprint density at radius 3 is 2.84 bits per heavy atom. The SMILES string of the molecule is COC(=O)C1CCCCN1C(=O)c1ccc(F)cn1. The fourth-order valence-electron chi connectivity index (χ4n) is 2.21. The molecule has 1 unspecified atom stereocenters. The van der Waals surface area contributed by atoms with Gasteiger partial charge in [-0.15, -0.1) is 0 Å². The fraction of sp³-hybridized carbons (Fsp3) is 0.462. The minimum absolute atomic E-state index is 0.136. The van der Waals surface area contributed by atoms with Crippen LogP contribution in [0.3, 0.4) is 0 Å². The second kappa shape index (κ2) is 5.77. The molecular formula is C13H15FN2O3. The molecule has 5 nitrogen and oxygen atoms in total. The number of piperidine rings is 1. The first-order chi connectivity index (χ1) is 9.13. The van der Waals surface area contributed by atoms with E-state index in [2.05, 4.69) is 4.98 Å². The normalized spacial score (nSPS) is 19.1. The molecule has 0 spiro atoms. The number of rotatable bonds is 2. The summed E-state index contributed by atoms with van der Waals surface area (Å²) in [6.07, 6.45) is 3.28. The Bertz CT molecular complexity index is 475. The van der Waals surface area contributed by atoms with Crippen molar-refractivity contribution in [2.45, 2.75) is 25.3 Å². The summed E-state index contributed by atoms with van der Waals surface area (Å²) in [7, 11) is 1.30. The number of carbonyl (C=O) groups excluding carboxylic acids is 2. The number of amides is 1. The van der Waals surface area contributed by atoms with Crippen molar-refractivity contribution in [1.82, 2.24) is 9.88 Å². The van der Waals surface area contributed by atoms with E-state index < -0.39 is 17.8 Å². The number of halogens is 1. The molecule has 0 saturated carbocycles. The minimum Gasteiger partial charge on any atom is -0.467 e. The highest BCUT2D eigenvalue weighted by atomic mass is 19.1. The molecule has 1 amide bonds. The number of hydrogen-bond acceptors (Lipinski definition) is 4. The van der Waals surface area contributed by atoms with Crippen LogP contribution in [-0.2, 0) is 9.53 Å². The maximum Gasteiger partial charge on any atom is 0.328 e. The summed E-state index contributed by atoms with van der Waals surface area (Å²) >= 11 is 0. The number of ether oxygens (including phenoxy) is 1. The predicted molar refractivity (Wildman–Crippen MR) is 64.9 cm³/mol. The number of esters is 1.